The number of benzene rings is 1. The first-order chi connectivity index (χ1) is 17.4. The molecule has 1 fully saturated rings. The fourth-order valence-corrected chi connectivity index (χ4v) is 4.69. The maximum Gasteiger partial charge on any atom is 0.408 e. The van der Waals surface area contributed by atoms with Gasteiger partial charge in [-0.05, 0) is 30.7 Å². The molecular weight excluding hydrogens is 506 g/mol. The van der Waals surface area contributed by atoms with Crippen LogP contribution in [0.5, 0.6) is 0 Å². The van der Waals surface area contributed by atoms with Gasteiger partial charge >= 0.3 is 22.2 Å². The van der Waals surface area contributed by atoms with Gasteiger partial charge in [-0.3, -0.25) is 18.9 Å². The minimum absolute atomic E-state index is 0.0279. The monoisotopic (exact) mass is 541 g/mol. The predicted octanol–water partition coefficient (Wildman–Crippen LogP) is 1.51. The van der Waals surface area contributed by atoms with E-state index in [4.69, 9.17) is 9.47 Å². The number of amides is 3. The highest BCUT2D eigenvalue weighted by atomic mass is 32.2. The Balaban J connectivity index is 2.21. The van der Waals surface area contributed by atoms with Crippen molar-refractivity contribution < 1.29 is 41.6 Å². The van der Waals surface area contributed by atoms with E-state index in [1.807, 2.05) is 19.9 Å². The van der Waals surface area contributed by atoms with Crippen molar-refractivity contribution in [2.24, 2.45) is 11.8 Å². The summed E-state index contributed by atoms with van der Waals surface area (Å²) >= 11 is 0. The lowest BCUT2D eigenvalue weighted by molar-refractivity contribution is -0.147. The number of hydrogen-bond acceptors (Lipinski definition) is 8. The molecule has 1 aromatic carbocycles. The van der Waals surface area contributed by atoms with Crippen molar-refractivity contribution in [3.8, 4) is 0 Å². The molecule has 1 heterocycles. The Morgan fingerprint density at radius 2 is 1.84 bits per heavy atom. The molecule has 0 bridgehead atoms. The predicted molar refractivity (Wildman–Crippen MR) is 132 cm³/mol. The average Bonchev–Trinajstić information content (AvgIpc) is 3.24. The van der Waals surface area contributed by atoms with E-state index in [2.05, 4.69) is 16.0 Å². The molecule has 2 rings (SSSR count). The first-order valence-corrected chi connectivity index (χ1v) is 13.6. The Hall–Kier alpha value is -3.19. The molecule has 3 amide bonds. The van der Waals surface area contributed by atoms with Crippen LogP contribution in [-0.2, 0) is 40.6 Å². The number of rotatable bonds is 13. The Morgan fingerprint density at radius 1 is 1.16 bits per heavy atom. The molecule has 1 aliphatic heterocycles. The third-order valence-corrected chi connectivity index (χ3v) is 6.73. The second-order valence-corrected chi connectivity index (χ2v) is 10.7. The molecule has 1 saturated heterocycles. The van der Waals surface area contributed by atoms with Gasteiger partial charge in [0.25, 0.3) is 0 Å². The highest BCUT2D eigenvalue weighted by Gasteiger charge is 2.41. The Morgan fingerprint density at radius 3 is 2.38 bits per heavy atom. The van der Waals surface area contributed by atoms with Crippen LogP contribution in [0.25, 0.3) is 0 Å². The fourth-order valence-electron chi connectivity index (χ4n) is 3.87. The number of alkyl carbamates (subject to hydrolysis) is 1. The van der Waals surface area contributed by atoms with Crippen LogP contribution >= 0.6 is 0 Å². The maximum atomic E-state index is 13.2. The van der Waals surface area contributed by atoms with E-state index in [9.17, 15) is 32.1 Å². The molecule has 206 valence electrons. The van der Waals surface area contributed by atoms with E-state index >= 15 is 0 Å². The Bertz CT molecular complexity index is 1050. The van der Waals surface area contributed by atoms with Crippen LogP contribution in [0.4, 0.5) is 4.79 Å². The van der Waals surface area contributed by atoms with E-state index in [0.29, 0.717) is 13.0 Å². The first kappa shape index (κ1) is 30.0. The smallest absolute Gasteiger partial charge is 0.408 e. The van der Waals surface area contributed by atoms with Gasteiger partial charge in [0.05, 0.1) is 6.04 Å². The van der Waals surface area contributed by atoms with E-state index in [1.165, 1.54) is 6.92 Å². The van der Waals surface area contributed by atoms with Crippen LogP contribution in [0.2, 0.25) is 0 Å². The number of hydrogen-bond donors (Lipinski definition) is 4. The van der Waals surface area contributed by atoms with Crippen LogP contribution in [-0.4, -0.2) is 60.9 Å². The van der Waals surface area contributed by atoms with Crippen LogP contribution in [0.1, 0.15) is 52.0 Å². The summed E-state index contributed by atoms with van der Waals surface area (Å²) in [5.41, 5.74) is -1.40. The van der Waals surface area contributed by atoms with Crippen molar-refractivity contribution in [1.82, 2.24) is 16.0 Å². The summed E-state index contributed by atoms with van der Waals surface area (Å²) in [6.07, 6.45) is -0.716. The van der Waals surface area contributed by atoms with E-state index < -0.39 is 51.5 Å². The highest BCUT2D eigenvalue weighted by molar-refractivity contribution is 7.86. The number of nitrogens with one attached hydrogen (secondary N) is 3. The summed E-state index contributed by atoms with van der Waals surface area (Å²) in [6, 6.07) is 6.33. The molecule has 4 N–H and O–H groups in total. The summed E-state index contributed by atoms with van der Waals surface area (Å²) < 4.78 is 44.3. The molecule has 1 aliphatic rings. The van der Waals surface area contributed by atoms with Crippen molar-refractivity contribution >= 4 is 34.0 Å². The van der Waals surface area contributed by atoms with Crippen molar-refractivity contribution in [3.63, 3.8) is 0 Å². The molecule has 1 unspecified atom stereocenters. The van der Waals surface area contributed by atoms with Crippen LogP contribution in [0.3, 0.4) is 0 Å². The zero-order chi connectivity index (χ0) is 27.6. The first-order valence-electron chi connectivity index (χ1n) is 12.1. The van der Waals surface area contributed by atoms with Gasteiger partial charge in [0, 0.05) is 18.9 Å². The highest BCUT2D eigenvalue weighted by Crippen LogP contribution is 2.22. The minimum atomic E-state index is -4.99. The molecule has 0 aromatic heterocycles. The van der Waals surface area contributed by atoms with Crippen LogP contribution in [0.15, 0.2) is 30.3 Å². The van der Waals surface area contributed by atoms with Gasteiger partial charge in [-0.25, -0.2) is 4.79 Å². The summed E-state index contributed by atoms with van der Waals surface area (Å²) in [7, 11) is -4.99. The molecule has 37 heavy (non-hydrogen) atoms. The lowest BCUT2D eigenvalue weighted by atomic mass is 9.97. The molecule has 12 nitrogen and oxygen atoms in total. The fraction of sp³-hybridized carbons (Fsp3) is 0.583. The number of carbonyl (C=O) groups is 4. The van der Waals surface area contributed by atoms with E-state index in [-0.39, 0.29) is 37.7 Å². The van der Waals surface area contributed by atoms with Gasteiger partial charge in [-0.2, -0.15) is 8.42 Å². The van der Waals surface area contributed by atoms with Crippen molar-refractivity contribution in [2.45, 2.75) is 70.6 Å². The van der Waals surface area contributed by atoms with Crippen molar-refractivity contribution in [2.75, 3.05) is 6.54 Å². The van der Waals surface area contributed by atoms with Crippen molar-refractivity contribution in [3.05, 3.63) is 35.9 Å². The Kier molecular flexibility index (Phi) is 11.3. The second-order valence-electron chi connectivity index (χ2n) is 9.24. The topological polar surface area (TPSA) is 177 Å². The van der Waals surface area contributed by atoms with Gasteiger partial charge in [0.15, 0.2) is 0 Å². The quantitative estimate of drug-likeness (QED) is 0.213. The average molecular weight is 542 g/mol. The zero-order valence-electron chi connectivity index (χ0n) is 21.1. The summed E-state index contributed by atoms with van der Waals surface area (Å²) in [6.45, 7) is 5.41. The van der Waals surface area contributed by atoms with Gasteiger partial charge in [0.2, 0.25) is 17.3 Å². The molecule has 0 spiro atoms. The summed E-state index contributed by atoms with van der Waals surface area (Å²) in [5.74, 6) is -2.78. The number of esters is 1. The molecule has 0 aliphatic carbocycles. The maximum absolute atomic E-state index is 13.2. The SMILES string of the molecule is CCC(=O)OC([C@H](C[C@@H]1CCNC1=O)NC(=O)[C@H](CC(C)C)NC(=O)OCc1ccccc1)S(=O)(=O)O. The minimum Gasteiger partial charge on any atom is -0.445 e. The molecule has 1 aromatic rings. The molecule has 13 heteroatoms. The standard InChI is InChI=1S/C24H35N3O9S/c1-4-20(28)36-23(37(32,33)34)19(13-17-10-11-25-21(17)29)26-22(30)18(12-15(2)3)27-24(31)35-14-16-8-6-5-7-9-16/h5-9,15,17-19,23H,4,10-14H2,1-3H3,(H,25,29)(H,26,30)(H,27,31)(H,32,33,34)/t17-,18-,19-,23?/m0/s1. The number of carbonyl (C=O) groups excluding carboxylic acids is 4. The van der Waals surface area contributed by atoms with E-state index in [0.717, 1.165) is 5.56 Å². The lowest BCUT2D eigenvalue weighted by Gasteiger charge is -2.29. The van der Waals surface area contributed by atoms with Crippen molar-refractivity contribution in [1.29, 1.82) is 0 Å². The molecule has 0 saturated carbocycles. The van der Waals surface area contributed by atoms with Gasteiger partial charge in [-0.15, -0.1) is 0 Å². The van der Waals surface area contributed by atoms with E-state index in [1.54, 1.807) is 24.3 Å². The third-order valence-electron chi connectivity index (χ3n) is 5.72. The summed E-state index contributed by atoms with van der Waals surface area (Å²) in [5, 5.41) is 7.58. The molecule has 0 radical (unpaired) electrons. The normalized spacial score (nSPS) is 17.9. The largest absolute Gasteiger partial charge is 0.445 e. The second kappa shape index (κ2) is 13.9. The number of ether oxygens (including phenoxy) is 2. The van der Waals surface area contributed by atoms with Gasteiger partial charge in [0.1, 0.15) is 12.6 Å². The van der Waals surface area contributed by atoms with Crippen LogP contribution in [0, 0.1) is 11.8 Å². The Labute approximate surface area is 216 Å². The molecule has 4 atom stereocenters. The summed E-state index contributed by atoms with van der Waals surface area (Å²) in [4.78, 5) is 49.7. The van der Waals surface area contributed by atoms with Crippen LogP contribution < -0.4 is 16.0 Å². The van der Waals surface area contributed by atoms with Gasteiger partial charge < -0.3 is 25.4 Å². The lowest BCUT2D eigenvalue weighted by Crippen LogP contribution is -2.55. The zero-order valence-corrected chi connectivity index (χ0v) is 22.0. The third kappa shape index (κ3) is 10.00. The molecular formula is C24H35N3O9S. The van der Waals surface area contributed by atoms with Gasteiger partial charge in [-0.1, -0.05) is 51.1 Å².